The van der Waals surface area contributed by atoms with Gasteiger partial charge in [-0.2, -0.15) is 5.10 Å². The molecule has 8 heteroatoms. The maximum absolute atomic E-state index is 12.6. The van der Waals surface area contributed by atoms with Gasteiger partial charge in [0.15, 0.2) is 12.4 Å². The molecule has 164 valence electrons. The van der Waals surface area contributed by atoms with E-state index in [1.54, 1.807) is 35.7 Å². The molecule has 2 aromatic heterocycles. The van der Waals surface area contributed by atoms with Crippen LogP contribution in [0.15, 0.2) is 79.0 Å². The second-order valence-corrected chi connectivity index (χ2v) is 8.90. The Labute approximate surface area is 199 Å². The van der Waals surface area contributed by atoms with Crippen molar-refractivity contribution in [3.63, 3.8) is 0 Å². The van der Waals surface area contributed by atoms with E-state index in [0.717, 1.165) is 20.8 Å². The Morgan fingerprint density at radius 3 is 2.73 bits per heavy atom. The van der Waals surface area contributed by atoms with Gasteiger partial charge in [-0.25, -0.2) is 9.67 Å². The molecule has 5 aromatic rings. The number of benzene rings is 3. The normalized spacial score (nSPS) is 11.0. The zero-order valence-corrected chi connectivity index (χ0v) is 19.2. The Morgan fingerprint density at radius 1 is 1.09 bits per heavy atom. The molecule has 33 heavy (non-hydrogen) atoms. The van der Waals surface area contributed by atoms with Crippen LogP contribution in [0.5, 0.6) is 5.75 Å². The number of carbonyl (C=O) groups is 1. The predicted octanol–water partition coefficient (Wildman–Crippen LogP) is 6.41. The Hall–Kier alpha value is -3.68. The molecule has 2 heterocycles. The van der Waals surface area contributed by atoms with Crippen LogP contribution in [0.25, 0.3) is 20.8 Å². The van der Waals surface area contributed by atoms with E-state index in [9.17, 15) is 4.79 Å². The van der Waals surface area contributed by atoms with E-state index in [1.165, 1.54) is 10.2 Å². The SMILES string of the molecule is Cc1ccc2nc(-c3ccc(NC(=O)c4ccn(COc5ccccc5Cl)n4)cc3)sc2c1. The molecule has 3 aromatic carbocycles. The Bertz CT molecular complexity index is 1440. The van der Waals surface area contributed by atoms with Crippen LogP contribution in [0.1, 0.15) is 16.1 Å². The van der Waals surface area contributed by atoms with E-state index in [0.29, 0.717) is 22.2 Å². The number of nitrogens with one attached hydrogen (secondary N) is 1. The summed E-state index contributed by atoms with van der Waals surface area (Å²) in [7, 11) is 0. The van der Waals surface area contributed by atoms with Gasteiger partial charge in [-0.3, -0.25) is 4.79 Å². The number of anilines is 1. The molecular weight excluding hydrogens is 456 g/mol. The van der Waals surface area contributed by atoms with Crippen LogP contribution < -0.4 is 10.1 Å². The number of ether oxygens (including phenoxy) is 1. The maximum atomic E-state index is 12.6. The highest BCUT2D eigenvalue weighted by molar-refractivity contribution is 7.21. The smallest absolute Gasteiger partial charge is 0.276 e. The first-order valence-corrected chi connectivity index (χ1v) is 11.4. The molecule has 0 radical (unpaired) electrons. The second-order valence-electron chi connectivity index (χ2n) is 7.47. The van der Waals surface area contributed by atoms with Gasteiger partial charge < -0.3 is 10.1 Å². The number of rotatable bonds is 6. The number of hydrogen-bond donors (Lipinski definition) is 1. The molecular formula is C25H19ClN4O2S. The van der Waals surface area contributed by atoms with E-state index in [-0.39, 0.29) is 12.6 Å². The number of halogens is 1. The van der Waals surface area contributed by atoms with Gasteiger partial charge in [0.2, 0.25) is 0 Å². The van der Waals surface area contributed by atoms with Crippen molar-refractivity contribution in [3.8, 4) is 16.3 Å². The average molecular weight is 475 g/mol. The van der Waals surface area contributed by atoms with Crippen LogP contribution in [-0.2, 0) is 6.73 Å². The summed E-state index contributed by atoms with van der Waals surface area (Å²) in [6.07, 6.45) is 1.68. The van der Waals surface area contributed by atoms with Gasteiger partial charge in [0.05, 0.1) is 15.2 Å². The van der Waals surface area contributed by atoms with Crippen molar-refractivity contribution >= 4 is 44.7 Å². The fourth-order valence-corrected chi connectivity index (χ4v) is 4.56. The number of carbonyl (C=O) groups excluding carboxylic acids is 1. The third-order valence-electron chi connectivity index (χ3n) is 5.00. The fraction of sp³-hybridized carbons (Fsp3) is 0.0800. The Morgan fingerprint density at radius 2 is 1.91 bits per heavy atom. The third-order valence-corrected chi connectivity index (χ3v) is 6.38. The van der Waals surface area contributed by atoms with Crippen molar-refractivity contribution < 1.29 is 9.53 Å². The average Bonchev–Trinajstić information content (AvgIpc) is 3.46. The zero-order valence-electron chi connectivity index (χ0n) is 17.7. The predicted molar refractivity (Wildman–Crippen MR) is 132 cm³/mol. The molecule has 0 aliphatic carbocycles. The number of para-hydroxylation sites is 1. The summed E-state index contributed by atoms with van der Waals surface area (Å²) in [6, 6.07) is 22.7. The number of amides is 1. The summed E-state index contributed by atoms with van der Waals surface area (Å²) in [5.41, 5.74) is 4.19. The second kappa shape index (κ2) is 9.05. The summed E-state index contributed by atoms with van der Waals surface area (Å²) in [5, 5.41) is 8.62. The first kappa shape index (κ1) is 21.2. The topological polar surface area (TPSA) is 69.0 Å². The van der Waals surface area contributed by atoms with Crippen LogP contribution in [0, 0.1) is 6.92 Å². The summed E-state index contributed by atoms with van der Waals surface area (Å²) < 4.78 is 8.35. The van der Waals surface area contributed by atoms with Gasteiger partial charge in [-0.1, -0.05) is 29.8 Å². The molecule has 1 N–H and O–H groups in total. The van der Waals surface area contributed by atoms with Crippen molar-refractivity contribution in [2.24, 2.45) is 0 Å². The molecule has 0 spiro atoms. The highest BCUT2D eigenvalue weighted by Crippen LogP contribution is 2.31. The summed E-state index contributed by atoms with van der Waals surface area (Å²) in [5.74, 6) is 0.263. The number of aromatic nitrogens is 3. The minimum Gasteiger partial charge on any atom is -0.470 e. The van der Waals surface area contributed by atoms with E-state index >= 15 is 0 Å². The van der Waals surface area contributed by atoms with Crippen molar-refractivity contribution in [2.75, 3.05) is 5.32 Å². The molecule has 0 aliphatic heterocycles. The van der Waals surface area contributed by atoms with Crippen LogP contribution in [0.4, 0.5) is 5.69 Å². The molecule has 5 rings (SSSR count). The third kappa shape index (κ3) is 4.74. The summed E-state index contributed by atoms with van der Waals surface area (Å²) in [4.78, 5) is 17.3. The highest BCUT2D eigenvalue weighted by Gasteiger charge is 2.12. The van der Waals surface area contributed by atoms with Gasteiger partial charge in [0, 0.05) is 17.4 Å². The highest BCUT2D eigenvalue weighted by atomic mass is 35.5. The van der Waals surface area contributed by atoms with Crippen LogP contribution >= 0.6 is 22.9 Å². The summed E-state index contributed by atoms with van der Waals surface area (Å²) >= 11 is 7.75. The van der Waals surface area contributed by atoms with E-state index in [2.05, 4.69) is 29.5 Å². The molecule has 0 fully saturated rings. The van der Waals surface area contributed by atoms with Crippen LogP contribution in [-0.4, -0.2) is 20.7 Å². The van der Waals surface area contributed by atoms with Crippen LogP contribution in [0.3, 0.4) is 0 Å². The largest absolute Gasteiger partial charge is 0.470 e. The Kier molecular flexibility index (Phi) is 5.81. The van der Waals surface area contributed by atoms with Crippen molar-refractivity contribution in [2.45, 2.75) is 13.7 Å². The number of hydrogen-bond acceptors (Lipinski definition) is 5. The lowest BCUT2D eigenvalue weighted by Crippen LogP contribution is -2.14. The molecule has 0 unspecified atom stereocenters. The molecule has 0 aliphatic rings. The van der Waals surface area contributed by atoms with Crippen LogP contribution in [0.2, 0.25) is 5.02 Å². The first-order chi connectivity index (χ1) is 16.0. The number of aryl methyl sites for hydroxylation is 1. The lowest BCUT2D eigenvalue weighted by atomic mass is 10.2. The lowest BCUT2D eigenvalue weighted by Gasteiger charge is -2.07. The molecule has 6 nitrogen and oxygen atoms in total. The monoisotopic (exact) mass is 474 g/mol. The number of nitrogens with zero attached hydrogens (tertiary/aromatic N) is 3. The van der Waals surface area contributed by atoms with E-state index < -0.39 is 0 Å². The maximum Gasteiger partial charge on any atom is 0.276 e. The minimum atomic E-state index is -0.297. The standard InChI is InChI=1S/C25H19ClN4O2S/c1-16-6-11-20-23(14-16)33-25(28-20)17-7-9-18(10-8-17)27-24(31)21-12-13-30(29-21)15-32-22-5-3-2-4-19(22)26/h2-14H,15H2,1H3,(H,27,31). The van der Waals surface area contributed by atoms with Gasteiger partial charge in [-0.05, 0) is 67.1 Å². The summed E-state index contributed by atoms with van der Waals surface area (Å²) in [6.45, 7) is 2.22. The van der Waals surface area contributed by atoms with Crippen molar-refractivity contribution in [1.29, 1.82) is 0 Å². The quantitative estimate of drug-likeness (QED) is 0.308. The first-order valence-electron chi connectivity index (χ1n) is 10.2. The molecule has 0 saturated heterocycles. The molecule has 0 saturated carbocycles. The van der Waals surface area contributed by atoms with Gasteiger partial charge >= 0.3 is 0 Å². The van der Waals surface area contributed by atoms with Gasteiger partial charge in [0.1, 0.15) is 10.8 Å². The van der Waals surface area contributed by atoms with Gasteiger partial charge in [0.25, 0.3) is 5.91 Å². The Balaban J connectivity index is 1.23. The lowest BCUT2D eigenvalue weighted by molar-refractivity contribution is 0.102. The molecule has 1 amide bonds. The van der Waals surface area contributed by atoms with E-state index in [1.807, 2.05) is 42.5 Å². The minimum absolute atomic E-state index is 0.146. The van der Waals surface area contributed by atoms with Crippen molar-refractivity contribution in [1.82, 2.24) is 14.8 Å². The van der Waals surface area contributed by atoms with Crippen molar-refractivity contribution in [3.05, 3.63) is 95.3 Å². The zero-order chi connectivity index (χ0) is 22.8. The molecule has 0 bridgehead atoms. The molecule has 0 atom stereocenters. The van der Waals surface area contributed by atoms with E-state index in [4.69, 9.17) is 21.3 Å². The fourth-order valence-electron chi connectivity index (χ4n) is 3.30. The number of thiazole rings is 1. The van der Waals surface area contributed by atoms with Gasteiger partial charge in [-0.15, -0.1) is 11.3 Å². The number of fused-ring (bicyclic) bond motifs is 1.